The summed E-state index contributed by atoms with van der Waals surface area (Å²) in [4.78, 5) is 35.4. The molecule has 0 aromatic rings. The van der Waals surface area contributed by atoms with Crippen LogP contribution in [0.15, 0.2) is 0 Å². The van der Waals surface area contributed by atoms with Crippen molar-refractivity contribution in [3.63, 3.8) is 0 Å². The number of rotatable bonds is 5. The fourth-order valence-corrected chi connectivity index (χ4v) is 2.70. The summed E-state index contributed by atoms with van der Waals surface area (Å²) in [5.41, 5.74) is 4.85. The molecule has 2 aliphatic rings. The SMILES string of the molecule is NC(=O)COC(=O)[C@H]1CC[C@H]2CN1C(=O)N2OS(=O)(=O)O. The fraction of sp³-hybridized carbons (Fsp3) is 0.667. The van der Waals surface area contributed by atoms with Crippen LogP contribution in [0.25, 0.3) is 0 Å². The quantitative estimate of drug-likeness (QED) is 0.435. The number of urea groups is 1. The first-order chi connectivity index (χ1) is 9.69. The Morgan fingerprint density at radius 2 is 2.05 bits per heavy atom. The second kappa shape index (κ2) is 5.46. The van der Waals surface area contributed by atoms with E-state index >= 15 is 0 Å². The average molecular weight is 323 g/mol. The minimum atomic E-state index is -4.84. The molecule has 3 amide bonds. The summed E-state index contributed by atoms with van der Waals surface area (Å²) in [6.07, 6.45) is 0.480. The smallest absolute Gasteiger partial charge is 0.418 e. The van der Waals surface area contributed by atoms with Crippen LogP contribution in [0.4, 0.5) is 4.79 Å². The molecule has 0 aromatic carbocycles. The monoisotopic (exact) mass is 323 g/mol. The van der Waals surface area contributed by atoms with E-state index in [0.29, 0.717) is 5.06 Å². The van der Waals surface area contributed by atoms with Crippen molar-refractivity contribution in [3.8, 4) is 0 Å². The van der Waals surface area contributed by atoms with Crippen molar-refractivity contribution in [3.05, 3.63) is 0 Å². The maximum atomic E-state index is 12.0. The maximum absolute atomic E-state index is 12.0. The second-order valence-electron chi connectivity index (χ2n) is 4.58. The van der Waals surface area contributed by atoms with E-state index in [9.17, 15) is 22.8 Å². The Kier molecular flexibility index (Phi) is 4.02. The van der Waals surface area contributed by atoms with Crippen LogP contribution < -0.4 is 5.73 Å². The molecule has 0 radical (unpaired) electrons. The first kappa shape index (κ1) is 15.5. The molecule has 0 aliphatic carbocycles. The summed E-state index contributed by atoms with van der Waals surface area (Å²) < 4.78 is 38.9. The Bertz CT molecular complexity index is 576. The van der Waals surface area contributed by atoms with Gasteiger partial charge in [-0.3, -0.25) is 9.35 Å². The molecule has 11 nitrogen and oxygen atoms in total. The Hall–Kier alpha value is -1.92. The summed E-state index contributed by atoms with van der Waals surface area (Å²) in [7, 11) is -4.84. The third kappa shape index (κ3) is 3.40. The van der Waals surface area contributed by atoms with Gasteiger partial charge < -0.3 is 15.4 Å². The van der Waals surface area contributed by atoms with Crippen LogP contribution >= 0.6 is 0 Å². The molecule has 0 unspecified atom stereocenters. The topological polar surface area (TPSA) is 157 Å². The Morgan fingerprint density at radius 1 is 1.38 bits per heavy atom. The number of fused-ring (bicyclic) bond motifs is 2. The number of carbonyl (C=O) groups excluding carboxylic acids is 3. The minimum absolute atomic E-state index is 0.0463. The third-order valence-corrected chi connectivity index (χ3v) is 3.48. The number of amides is 3. The average Bonchev–Trinajstić information content (AvgIpc) is 2.60. The number of ether oxygens (including phenoxy) is 1. The molecule has 12 heteroatoms. The van der Waals surface area contributed by atoms with Gasteiger partial charge >= 0.3 is 22.4 Å². The van der Waals surface area contributed by atoms with E-state index in [4.69, 9.17) is 10.3 Å². The number of piperidine rings is 1. The highest BCUT2D eigenvalue weighted by Crippen LogP contribution is 2.31. The van der Waals surface area contributed by atoms with Gasteiger partial charge in [-0.05, 0) is 12.8 Å². The van der Waals surface area contributed by atoms with Crippen molar-refractivity contribution in [2.24, 2.45) is 5.73 Å². The van der Waals surface area contributed by atoms with Crippen LogP contribution in [-0.2, 0) is 29.0 Å². The van der Waals surface area contributed by atoms with Gasteiger partial charge in [0.25, 0.3) is 5.91 Å². The van der Waals surface area contributed by atoms with Crippen molar-refractivity contribution in [2.45, 2.75) is 24.9 Å². The summed E-state index contributed by atoms with van der Waals surface area (Å²) in [6, 6.07) is -2.43. The number of primary amides is 1. The van der Waals surface area contributed by atoms with Gasteiger partial charge in [-0.15, -0.1) is 4.28 Å². The molecule has 2 atom stereocenters. The molecule has 2 fully saturated rings. The lowest BCUT2D eigenvalue weighted by Gasteiger charge is -2.28. The standard InChI is InChI=1S/C9H13N3O8S/c10-7(13)4-19-8(14)6-2-1-5-3-11(6)9(15)12(5)20-21(16,17)18/h5-6H,1-4H2,(H2,10,13)(H,16,17,18)/t5-,6+/m0/s1. The molecule has 0 saturated carbocycles. The lowest BCUT2D eigenvalue weighted by molar-refractivity contribution is -0.152. The second-order valence-corrected chi connectivity index (χ2v) is 5.59. The predicted molar refractivity (Wildman–Crippen MR) is 63.5 cm³/mol. The number of hydrogen-bond acceptors (Lipinski definition) is 7. The molecule has 2 rings (SSSR count). The van der Waals surface area contributed by atoms with Crippen LogP contribution in [0.3, 0.4) is 0 Å². The Balaban J connectivity index is 2.06. The van der Waals surface area contributed by atoms with E-state index < -0.39 is 47.0 Å². The van der Waals surface area contributed by atoms with Crippen LogP contribution in [0.1, 0.15) is 12.8 Å². The zero-order chi connectivity index (χ0) is 15.8. The molecule has 0 spiro atoms. The van der Waals surface area contributed by atoms with Crippen molar-refractivity contribution in [1.29, 1.82) is 0 Å². The molecule has 2 heterocycles. The van der Waals surface area contributed by atoms with Crippen molar-refractivity contribution in [1.82, 2.24) is 9.96 Å². The van der Waals surface area contributed by atoms with Crippen LogP contribution in [0, 0.1) is 0 Å². The first-order valence-corrected chi connectivity index (χ1v) is 7.27. The number of hydroxylamine groups is 2. The zero-order valence-electron chi connectivity index (χ0n) is 10.7. The van der Waals surface area contributed by atoms with E-state index in [1.54, 1.807) is 0 Å². The molecule has 21 heavy (non-hydrogen) atoms. The van der Waals surface area contributed by atoms with Crippen LogP contribution in [-0.4, -0.2) is 66.1 Å². The lowest BCUT2D eigenvalue weighted by atomic mass is 10.0. The zero-order valence-corrected chi connectivity index (χ0v) is 11.5. The predicted octanol–water partition coefficient (Wildman–Crippen LogP) is -1.98. The van der Waals surface area contributed by atoms with E-state index in [2.05, 4.69) is 9.02 Å². The largest absolute Gasteiger partial charge is 0.454 e. The molecule has 2 aliphatic heterocycles. The van der Waals surface area contributed by atoms with E-state index in [0.717, 1.165) is 4.90 Å². The fourth-order valence-electron chi connectivity index (χ4n) is 2.32. The minimum Gasteiger partial charge on any atom is -0.454 e. The number of nitrogens with two attached hydrogens (primary N) is 1. The van der Waals surface area contributed by atoms with Gasteiger partial charge in [-0.25, -0.2) is 9.59 Å². The third-order valence-electron chi connectivity index (χ3n) is 3.13. The van der Waals surface area contributed by atoms with Gasteiger partial charge in [-0.1, -0.05) is 0 Å². The molecule has 118 valence electrons. The molecule has 0 aromatic heterocycles. The van der Waals surface area contributed by atoms with Gasteiger partial charge in [0.2, 0.25) is 0 Å². The summed E-state index contributed by atoms with van der Waals surface area (Å²) in [5.74, 6) is -1.64. The van der Waals surface area contributed by atoms with Gasteiger partial charge in [-0.2, -0.15) is 13.5 Å². The van der Waals surface area contributed by atoms with Crippen molar-refractivity contribution >= 4 is 28.3 Å². The number of esters is 1. The normalized spacial score (nSPS) is 25.1. The first-order valence-electron chi connectivity index (χ1n) is 5.91. The number of hydrogen-bond donors (Lipinski definition) is 2. The van der Waals surface area contributed by atoms with Gasteiger partial charge in [0.15, 0.2) is 6.61 Å². The number of nitrogens with zero attached hydrogens (tertiary/aromatic N) is 2. The Morgan fingerprint density at radius 3 is 2.62 bits per heavy atom. The molecule has 3 N–H and O–H groups in total. The molecule has 2 saturated heterocycles. The number of carbonyl (C=O) groups is 3. The van der Waals surface area contributed by atoms with Crippen LogP contribution in [0.2, 0.25) is 0 Å². The van der Waals surface area contributed by atoms with E-state index in [-0.39, 0.29) is 19.4 Å². The molecular weight excluding hydrogens is 310 g/mol. The summed E-state index contributed by atoms with van der Waals surface area (Å²) in [6.45, 7) is -0.559. The van der Waals surface area contributed by atoms with Crippen molar-refractivity contribution < 1.29 is 36.4 Å². The highest BCUT2D eigenvalue weighted by molar-refractivity contribution is 7.80. The van der Waals surface area contributed by atoms with E-state index in [1.807, 2.05) is 0 Å². The maximum Gasteiger partial charge on any atom is 0.418 e. The van der Waals surface area contributed by atoms with Gasteiger partial charge in [0.1, 0.15) is 6.04 Å². The van der Waals surface area contributed by atoms with Gasteiger partial charge in [0, 0.05) is 6.54 Å². The summed E-state index contributed by atoms with van der Waals surface area (Å²) in [5, 5.41) is 0.511. The highest BCUT2D eigenvalue weighted by Gasteiger charge is 2.49. The lowest BCUT2D eigenvalue weighted by Crippen LogP contribution is -2.46. The molecular formula is C9H13N3O8S. The van der Waals surface area contributed by atoms with E-state index in [1.165, 1.54) is 0 Å². The highest BCUT2D eigenvalue weighted by atomic mass is 32.3. The van der Waals surface area contributed by atoms with Crippen molar-refractivity contribution in [2.75, 3.05) is 13.2 Å². The van der Waals surface area contributed by atoms with Crippen LogP contribution in [0.5, 0.6) is 0 Å². The molecule has 2 bridgehead atoms. The Labute approximate surface area is 119 Å². The van der Waals surface area contributed by atoms with Gasteiger partial charge in [0.05, 0.1) is 6.04 Å². The summed E-state index contributed by atoms with van der Waals surface area (Å²) >= 11 is 0.